The first-order valence-electron chi connectivity index (χ1n) is 8.21. The van der Waals surface area contributed by atoms with E-state index in [2.05, 4.69) is 16.3 Å². The second-order valence-electron chi connectivity index (χ2n) is 6.06. The summed E-state index contributed by atoms with van der Waals surface area (Å²) in [6.07, 6.45) is 2.34. The number of hydrogen-bond donors (Lipinski definition) is 1. The molecule has 2 heterocycles. The third-order valence-electron chi connectivity index (χ3n) is 4.02. The molecule has 1 atom stereocenters. The molecule has 4 nitrogen and oxygen atoms in total. The number of thiophene rings is 1. The first-order chi connectivity index (χ1) is 12.1. The van der Waals surface area contributed by atoms with Crippen LogP contribution >= 0.6 is 34.5 Å². The number of benzene rings is 1. The predicted molar refractivity (Wildman–Crippen MR) is 104 cm³/mol. The molecule has 1 aliphatic heterocycles. The molecule has 0 radical (unpaired) electrons. The molecular formula is C18H20Cl2N2O2S. The van der Waals surface area contributed by atoms with Crippen molar-refractivity contribution in [2.75, 3.05) is 25.0 Å². The maximum Gasteiger partial charge on any atom is 0.238 e. The summed E-state index contributed by atoms with van der Waals surface area (Å²) in [4.78, 5) is 15.8. The summed E-state index contributed by atoms with van der Waals surface area (Å²) in [5.74, 6) is -0.0984. The molecule has 7 heteroatoms. The van der Waals surface area contributed by atoms with Gasteiger partial charge in [0.25, 0.3) is 0 Å². The smallest absolute Gasteiger partial charge is 0.238 e. The van der Waals surface area contributed by atoms with Crippen LogP contribution in [0.3, 0.4) is 0 Å². The molecule has 1 saturated heterocycles. The van der Waals surface area contributed by atoms with Crippen LogP contribution in [0.5, 0.6) is 0 Å². The summed E-state index contributed by atoms with van der Waals surface area (Å²) in [6, 6.07) is 9.15. The first kappa shape index (κ1) is 18.7. The summed E-state index contributed by atoms with van der Waals surface area (Å²) in [5, 5.41) is 5.89. The molecule has 134 valence electrons. The zero-order chi connectivity index (χ0) is 17.6. The Hall–Kier alpha value is -1.11. The number of rotatable bonds is 7. The van der Waals surface area contributed by atoms with Crippen molar-refractivity contribution in [1.82, 2.24) is 4.90 Å². The van der Waals surface area contributed by atoms with Gasteiger partial charge < -0.3 is 10.1 Å². The Kier molecular flexibility index (Phi) is 6.73. The lowest BCUT2D eigenvalue weighted by molar-refractivity contribution is -0.117. The number of hydrogen-bond acceptors (Lipinski definition) is 4. The van der Waals surface area contributed by atoms with E-state index in [1.54, 1.807) is 29.5 Å². The number of halogens is 2. The van der Waals surface area contributed by atoms with E-state index < -0.39 is 0 Å². The number of ether oxygens (including phenoxy) is 1. The molecule has 0 saturated carbocycles. The number of anilines is 1. The van der Waals surface area contributed by atoms with Gasteiger partial charge in [0, 0.05) is 29.6 Å². The maximum absolute atomic E-state index is 12.5. The topological polar surface area (TPSA) is 41.6 Å². The Balaban J connectivity index is 1.62. The second-order valence-corrected chi connectivity index (χ2v) is 7.93. The molecule has 0 bridgehead atoms. The lowest BCUT2D eigenvalue weighted by atomic mass is 10.2. The van der Waals surface area contributed by atoms with Crippen molar-refractivity contribution in [3.8, 4) is 0 Å². The Labute approximate surface area is 161 Å². The van der Waals surface area contributed by atoms with Crippen LogP contribution in [-0.2, 0) is 16.1 Å². The van der Waals surface area contributed by atoms with Crippen molar-refractivity contribution >= 4 is 46.1 Å². The monoisotopic (exact) mass is 398 g/mol. The molecule has 0 spiro atoms. The summed E-state index contributed by atoms with van der Waals surface area (Å²) in [7, 11) is 0. The van der Waals surface area contributed by atoms with Gasteiger partial charge in [-0.2, -0.15) is 0 Å². The Bertz CT molecular complexity index is 703. The molecule has 1 fully saturated rings. The Morgan fingerprint density at radius 2 is 2.24 bits per heavy atom. The van der Waals surface area contributed by atoms with Crippen molar-refractivity contribution in [2.24, 2.45) is 0 Å². The van der Waals surface area contributed by atoms with E-state index in [9.17, 15) is 4.79 Å². The highest BCUT2D eigenvalue weighted by Gasteiger charge is 2.21. The van der Waals surface area contributed by atoms with Crippen LogP contribution in [0.1, 0.15) is 17.7 Å². The van der Waals surface area contributed by atoms with Gasteiger partial charge in [-0.1, -0.05) is 29.3 Å². The fourth-order valence-electron chi connectivity index (χ4n) is 2.87. The van der Waals surface area contributed by atoms with Crippen LogP contribution < -0.4 is 5.32 Å². The minimum absolute atomic E-state index is 0.0984. The highest BCUT2D eigenvalue weighted by atomic mass is 35.5. The average molecular weight is 399 g/mol. The third-order valence-corrected chi connectivity index (χ3v) is 5.43. The first-order valence-corrected chi connectivity index (χ1v) is 9.85. The fourth-order valence-corrected chi connectivity index (χ4v) is 4.07. The standard InChI is InChI=1S/C18H20Cl2N2O2S/c19-13-5-6-17(16(20)9-13)21-18(23)12-22(10-14-3-1-7-24-14)11-15-4-2-8-25-15/h2,4-6,8-9,14H,1,3,7,10-12H2,(H,21,23)/t14-/m1/s1. The van der Waals surface area contributed by atoms with Gasteiger partial charge in [0.15, 0.2) is 0 Å². The number of amides is 1. The van der Waals surface area contributed by atoms with Crippen molar-refractivity contribution < 1.29 is 9.53 Å². The van der Waals surface area contributed by atoms with E-state index in [-0.39, 0.29) is 18.6 Å². The van der Waals surface area contributed by atoms with E-state index in [0.717, 1.165) is 32.5 Å². The van der Waals surface area contributed by atoms with E-state index >= 15 is 0 Å². The van der Waals surface area contributed by atoms with Gasteiger partial charge in [-0.05, 0) is 42.5 Å². The van der Waals surface area contributed by atoms with Crippen molar-refractivity contribution in [3.05, 3.63) is 50.6 Å². The van der Waals surface area contributed by atoms with Crippen LogP contribution in [0.25, 0.3) is 0 Å². The van der Waals surface area contributed by atoms with Gasteiger partial charge in [-0.15, -0.1) is 11.3 Å². The lowest BCUT2D eigenvalue weighted by Crippen LogP contribution is -2.37. The number of carbonyl (C=O) groups excluding carboxylic acids is 1. The summed E-state index contributed by atoms with van der Waals surface area (Å²) >= 11 is 13.7. The van der Waals surface area contributed by atoms with E-state index in [4.69, 9.17) is 27.9 Å². The van der Waals surface area contributed by atoms with Gasteiger partial charge in [-0.3, -0.25) is 9.69 Å². The zero-order valence-electron chi connectivity index (χ0n) is 13.7. The molecule has 3 rings (SSSR count). The molecule has 1 amide bonds. The third kappa shape index (κ3) is 5.69. The molecule has 1 N–H and O–H groups in total. The molecule has 1 aliphatic rings. The van der Waals surface area contributed by atoms with Crippen molar-refractivity contribution in [2.45, 2.75) is 25.5 Å². The number of nitrogens with zero attached hydrogens (tertiary/aromatic N) is 1. The van der Waals surface area contributed by atoms with Gasteiger partial charge in [0.2, 0.25) is 5.91 Å². The van der Waals surface area contributed by atoms with E-state index in [1.807, 2.05) is 11.4 Å². The van der Waals surface area contributed by atoms with Gasteiger partial charge in [0.05, 0.1) is 23.4 Å². The van der Waals surface area contributed by atoms with Crippen LogP contribution in [-0.4, -0.2) is 36.6 Å². The molecule has 25 heavy (non-hydrogen) atoms. The van der Waals surface area contributed by atoms with Gasteiger partial charge in [0.1, 0.15) is 0 Å². The van der Waals surface area contributed by atoms with E-state index in [0.29, 0.717) is 15.7 Å². The summed E-state index contributed by atoms with van der Waals surface area (Å²) < 4.78 is 5.73. The lowest BCUT2D eigenvalue weighted by Gasteiger charge is -2.24. The van der Waals surface area contributed by atoms with E-state index in [1.165, 1.54) is 4.88 Å². The molecule has 1 aromatic heterocycles. The molecule has 0 unspecified atom stereocenters. The molecule has 2 aromatic rings. The summed E-state index contributed by atoms with van der Waals surface area (Å²) in [6.45, 7) is 2.58. The second kappa shape index (κ2) is 9.01. The quantitative estimate of drug-likeness (QED) is 0.736. The molecular weight excluding hydrogens is 379 g/mol. The highest BCUT2D eigenvalue weighted by Crippen LogP contribution is 2.25. The van der Waals surface area contributed by atoms with Crippen LogP contribution in [0.2, 0.25) is 10.0 Å². The Morgan fingerprint density at radius 3 is 2.92 bits per heavy atom. The normalized spacial score (nSPS) is 17.2. The largest absolute Gasteiger partial charge is 0.377 e. The van der Waals surface area contributed by atoms with Crippen molar-refractivity contribution in [3.63, 3.8) is 0 Å². The number of nitrogens with one attached hydrogen (secondary N) is 1. The van der Waals surface area contributed by atoms with Crippen molar-refractivity contribution in [1.29, 1.82) is 0 Å². The molecule has 0 aliphatic carbocycles. The van der Waals surface area contributed by atoms with Gasteiger partial charge >= 0.3 is 0 Å². The highest BCUT2D eigenvalue weighted by molar-refractivity contribution is 7.09. The minimum Gasteiger partial charge on any atom is -0.377 e. The van der Waals surface area contributed by atoms with Crippen LogP contribution in [0.15, 0.2) is 35.7 Å². The van der Waals surface area contributed by atoms with Gasteiger partial charge in [-0.25, -0.2) is 0 Å². The molecule has 1 aromatic carbocycles. The summed E-state index contributed by atoms with van der Waals surface area (Å²) in [5.41, 5.74) is 0.573. The Morgan fingerprint density at radius 1 is 1.36 bits per heavy atom. The van der Waals surface area contributed by atoms with Crippen LogP contribution in [0, 0.1) is 0 Å². The SMILES string of the molecule is O=C(CN(Cc1cccs1)C[C@H]1CCCO1)Nc1ccc(Cl)cc1Cl. The minimum atomic E-state index is -0.0984. The maximum atomic E-state index is 12.5. The number of carbonyl (C=O) groups is 1. The average Bonchev–Trinajstić information content (AvgIpc) is 3.24. The zero-order valence-corrected chi connectivity index (χ0v) is 16.0. The van der Waals surface area contributed by atoms with Crippen LogP contribution in [0.4, 0.5) is 5.69 Å². The fraction of sp³-hybridized carbons (Fsp3) is 0.389. The predicted octanol–water partition coefficient (Wildman–Crippen LogP) is 4.67.